The number of nitrogens with zero attached hydrogens (tertiary/aromatic N) is 1. The predicted octanol–water partition coefficient (Wildman–Crippen LogP) is 2.44. The summed E-state index contributed by atoms with van der Waals surface area (Å²) in [5.41, 5.74) is 11.0. The minimum atomic E-state index is -0.0332. The summed E-state index contributed by atoms with van der Waals surface area (Å²) >= 11 is 3.19. The van der Waals surface area contributed by atoms with Gasteiger partial charge in [0, 0.05) is 22.9 Å². The van der Waals surface area contributed by atoms with E-state index in [1.54, 1.807) is 11.8 Å². The molecule has 0 fully saturated rings. The smallest absolute Gasteiger partial charge is 0.259 e. The van der Waals surface area contributed by atoms with Crippen molar-refractivity contribution in [3.8, 4) is 5.69 Å². The molecular weight excluding hydrogens is 476 g/mol. The minimum Gasteiger partial charge on any atom is -1.00 e. The molecule has 0 atom stereocenters. The van der Waals surface area contributed by atoms with Crippen LogP contribution in [0.2, 0.25) is 0 Å². The van der Waals surface area contributed by atoms with Crippen molar-refractivity contribution in [2.45, 2.75) is 16.9 Å². The van der Waals surface area contributed by atoms with E-state index in [-0.39, 0.29) is 22.8 Å². The highest BCUT2D eigenvalue weighted by Crippen LogP contribution is 2.40. The summed E-state index contributed by atoms with van der Waals surface area (Å²) < 4.78 is 3.07. The summed E-state index contributed by atoms with van der Waals surface area (Å²) in [5.74, 6) is 0.785. The molecule has 2 aromatic carbocycles. The van der Waals surface area contributed by atoms with E-state index >= 15 is 0 Å². The Balaban J connectivity index is 0.00000256. The molecule has 6 heteroatoms. The van der Waals surface area contributed by atoms with Gasteiger partial charge in [0.1, 0.15) is 14.8 Å². The molecule has 2 heterocycles. The monoisotopic (exact) mass is 496 g/mol. The first-order valence-corrected chi connectivity index (χ1v) is 11.1. The fraction of sp³-hybridized carbons (Fsp3) is 0.0833. The summed E-state index contributed by atoms with van der Waals surface area (Å²) in [7, 11) is 0. The van der Waals surface area contributed by atoms with Gasteiger partial charge in [-0.25, -0.2) is 0 Å². The number of halogens is 1. The third-order valence-electron chi connectivity index (χ3n) is 4.55. The van der Waals surface area contributed by atoms with Crippen LogP contribution in [-0.4, -0.2) is 5.78 Å². The van der Waals surface area contributed by atoms with Gasteiger partial charge in [-0.3, -0.25) is 4.79 Å². The first kappa shape index (κ1) is 22.3. The second kappa shape index (κ2) is 10.1. The second-order valence-electron chi connectivity index (χ2n) is 6.74. The Hall–Kier alpha value is -2.41. The van der Waals surface area contributed by atoms with Crippen LogP contribution in [-0.2, 0) is 5.75 Å². The molecule has 0 unspecified atom stereocenters. The number of thiophene rings is 1. The van der Waals surface area contributed by atoms with Crippen LogP contribution in [0.1, 0.15) is 26.4 Å². The van der Waals surface area contributed by atoms with Crippen LogP contribution in [0.3, 0.4) is 0 Å². The molecule has 2 aromatic heterocycles. The van der Waals surface area contributed by atoms with Crippen LogP contribution in [0.25, 0.3) is 5.69 Å². The number of anilines is 1. The summed E-state index contributed by atoms with van der Waals surface area (Å²) in [6.07, 6.45) is 4.02. The highest BCUT2D eigenvalue weighted by atomic mass is 79.9. The molecule has 4 rings (SSSR count). The molecule has 0 saturated heterocycles. The largest absolute Gasteiger partial charge is 1.00 e. The zero-order chi connectivity index (χ0) is 20.2. The quantitative estimate of drug-likeness (QED) is 0.253. The van der Waals surface area contributed by atoms with Crippen molar-refractivity contribution in [1.29, 1.82) is 0 Å². The van der Waals surface area contributed by atoms with Crippen LogP contribution in [0.5, 0.6) is 0 Å². The lowest BCUT2D eigenvalue weighted by molar-refractivity contribution is -0.597. The van der Waals surface area contributed by atoms with Gasteiger partial charge in [-0.2, -0.15) is 4.57 Å². The van der Waals surface area contributed by atoms with Crippen molar-refractivity contribution in [2.75, 3.05) is 5.73 Å². The summed E-state index contributed by atoms with van der Waals surface area (Å²) in [5, 5.41) is 0. The SMILES string of the molecule is Cc1ccc[n+](-c2c(SCc3ccccc3)sc(C(=O)c3ccccc3)c2N)c1.[Br-]. The lowest BCUT2D eigenvalue weighted by atomic mass is 10.1. The number of ketones is 1. The van der Waals surface area contributed by atoms with Gasteiger partial charge >= 0.3 is 0 Å². The highest BCUT2D eigenvalue weighted by Gasteiger charge is 2.28. The van der Waals surface area contributed by atoms with Crippen molar-refractivity contribution in [2.24, 2.45) is 0 Å². The van der Waals surface area contributed by atoms with E-state index in [1.807, 2.05) is 84.5 Å². The number of pyridine rings is 1. The zero-order valence-corrected chi connectivity index (χ0v) is 19.6. The Morgan fingerprint density at radius 2 is 1.67 bits per heavy atom. The van der Waals surface area contributed by atoms with Gasteiger partial charge in [0.25, 0.3) is 5.69 Å². The summed E-state index contributed by atoms with van der Waals surface area (Å²) in [4.78, 5) is 13.7. The first-order chi connectivity index (χ1) is 14.1. The number of aryl methyl sites for hydroxylation is 1. The fourth-order valence-electron chi connectivity index (χ4n) is 3.10. The average Bonchev–Trinajstić information content (AvgIpc) is 3.09. The van der Waals surface area contributed by atoms with Crippen LogP contribution in [0.4, 0.5) is 5.69 Å². The number of carbonyl (C=O) groups excluding carboxylic acids is 1. The molecule has 0 spiro atoms. The Morgan fingerprint density at radius 3 is 2.33 bits per heavy atom. The molecule has 0 aliphatic carbocycles. The number of benzene rings is 2. The molecule has 30 heavy (non-hydrogen) atoms. The number of thioether (sulfide) groups is 1. The van der Waals surface area contributed by atoms with Crippen LogP contribution in [0.15, 0.2) is 89.4 Å². The van der Waals surface area contributed by atoms with Crippen molar-refractivity contribution in [3.05, 3.63) is 107 Å². The predicted molar refractivity (Wildman–Crippen MR) is 121 cm³/mol. The number of aromatic nitrogens is 1. The Kier molecular flexibility index (Phi) is 7.48. The summed E-state index contributed by atoms with van der Waals surface area (Å²) in [6, 6.07) is 23.7. The van der Waals surface area contributed by atoms with E-state index in [0.717, 1.165) is 21.2 Å². The molecule has 0 aliphatic rings. The van der Waals surface area contributed by atoms with Crippen molar-refractivity contribution in [3.63, 3.8) is 0 Å². The van der Waals surface area contributed by atoms with Crippen molar-refractivity contribution in [1.82, 2.24) is 0 Å². The van der Waals surface area contributed by atoms with Gasteiger partial charge in [0.05, 0.1) is 0 Å². The summed E-state index contributed by atoms with van der Waals surface area (Å²) in [6.45, 7) is 2.05. The second-order valence-corrected chi connectivity index (χ2v) is 9.00. The molecule has 3 nitrogen and oxygen atoms in total. The van der Waals surface area contributed by atoms with E-state index < -0.39 is 0 Å². The molecule has 0 amide bonds. The lowest BCUT2D eigenvalue weighted by Gasteiger charge is -2.02. The van der Waals surface area contributed by atoms with Gasteiger partial charge in [0.15, 0.2) is 12.4 Å². The Labute approximate surface area is 195 Å². The topological polar surface area (TPSA) is 47.0 Å². The van der Waals surface area contributed by atoms with Crippen molar-refractivity contribution < 1.29 is 26.3 Å². The molecule has 0 radical (unpaired) electrons. The maximum atomic E-state index is 13.1. The van der Waals surface area contributed by atoms with E-state index in [4.69, 9.17) is 5.73 Å². The number of hydrogen-bond donors (Lipinski definition) is 1. The standard InChI is InChI=1S/C24H20N2OS2.BrH/c1-17-9-8-14-26(15-17)21-20(25)23(22(27)19-12-6-3-7-13-19)29-24(21)28-16-18-10-4-2-5-11-18;/h2-15H,16H2,1H3,(H-,25,27);1H. The lowest BCUT2D eigenvalue weighted by Crippen LogP contribution is -3.00. The van der Waals surface area contributed by atoms with Crippen LogP contribution < -0.4 is 27.3 Å². The third kappa shape index (κ3) is 4.83. The van der Waals surface area contributed by atoms with Crippen LogP contribution >= 0.6 is 23.1 Å². The molecule has 0 aliphatic heterocycles. The number of hydrogen-bond acceptors (Lipinski definition) is 4. The van der Waals surface area contributed by atoms with Gasteiger partial charge in [-0.15, -0.1) is 23.1 Å². The number of nitrogen functional groups attached to an aromatic ring is 1. The van der Waals surface area contributed by atoms with Gasteiger partial charge in [-0.1, -0.05) is 60.7 Å². The van der Waals surface area contributed by atoms with E-state index in [1.165, 1.54) is 16.9 Å². The zero-order valence-electron chi connectivity index (χ0n) is 16.4. The number of rotatable bonds is 6. The van der Waals surface area contributed by atoms with E-state index in [9.17, 15) is 4.79 Å². The third-order valence-corrected chi connectivity index (χ3v) is 7.07. The Bertz CT molecular complexity index is 1140. The maximum Gasteiger partial charge on any atom is 0.259 e. The fourth-order valence-corrected chi connectivity index (χ4v) is 5.52. The van der Waals surface area contributed by atoms with Crippen LogP contribution in [0, 0.1) is 6.92 Å². The Morgan fingerprint density at radius 1 is 1.00 bits per heavy atom. The van der Waals surface area contributed by atoms with Gasteiger partial charge in [0.2, 0.25) is 5.78 Å². The maximum absolute atomic E-state index is 13.1. The molecule has 152 valence electrons. The number of carbonyl (C=O) groups is 1. The highest BCUT2D eigenvalue weighted by molar-refractivity contribution is 8.00. The minimum absolute atomic E-state index is 0. The first-order valence-electron chi connectivity index (χ1n) is 9.30. The average molecular weight is 497 g/mol. The normalized spacial score (nSPS) is 10.4. The van der Waals surface area contributed by atoms with Gasteiger partial charge in [-0.05, 0) is 18.6 Å². The molecule has 2 N–H and O–H groups in total. The van der Waals surface area contributed by atoms with Crippen molar-refractivity contribution >= 4 is 34.6 Å². The molecule has 0 saturated carbocycles. The molecule has 4 aromatic rings. The molecular formula is C24H21BrN2OS2. The van der Waals surface area contributed by atoms with E-state index in [2.05, 4.69) is 12.1 Å². The number of nitrogens with two attached hydrogens (primary N) is 1. The van der Waals surface area contributed by atoms with Gasteiger partial charge < -0.3 is 22.7 Å². The van der Waals surface area contributed by atoms with E-state index in [0.29, 0.717) is 16.1 Å². The molecule has 0 bridgehead atoms.